The lowest BCUT2D eigenvalue weighted by Crippen LogP contribution is -2.28. The highest BCUT2D eigenvalue weighted by Crippen LogP contribution is 2.12. The van der Waals surface area contributed by atoms with Crippen LogP contribution in [0.1, 0.15) is 26.4 Å². The SMILES string of the molecule is CN(Cc1ccccn1)C(=O)c1ccccc1C(=O)O. The first-order valence-electron chi connectivity index (χ1n) is 6.07. The number of carboxylic acid groups (broad SMARTS) is 1. The van der Waals surface area contributed by atoms with Crippen LogP contribution in [0.25, 0.3) is 0 Å². The summed E-state index contributed by atoms with van der Waals surface area (Å²) in [6.45, 7) is 0.327. The number of hydrogen-bond acceptors (Lipinski definition) is 3. The van der Waals surface area contributed by atoms with Gasteiger partial charge in [0.25, 0.3) is 5.91 Å². The van der Waals surface area contributed by atoms with E-state index >= 15 is 0 Å². The van der Waals surface area contributed by atoms with Crippen LogP contribution in [0.4, 0.5) is 0 Å². The summed E-state index contributed by atoms with van der Waals surface area (Å²) >= 11 is 0. The van der Waals surface area contributed by atoms with Gasteiger partial charge in [0.1, 0.15) is 0 Å². The van der Waals surface area contributed by atoms with Gasteiger partial charge in [0, 0.05) is 13.2 Å². The first-order chi connectivity index (χ1) is 9.59. The van der Waals surface area contributed by atoms with Crippen molar-refractivity contribution in [1.82, 2.24) is 9.88 Å². The summed E-state index contributed by atoms with van der Waals surface area (Å²) in [7, 11) is 1.62. The van der Waals surface area contributed by atoms with Crippen molar-refractivity contribution in [3.8, 4) is 0 Å². The normalized spacial score (nSPS) is 10.1. The van der Waals surface area contributed by atoms with Crippen molar-refractivity contribution < 1.29 is 14.7 Å². The number of carbonyl (C=O) groups is 2. The Morgan fingerprint density at radius 3 is 2.35 bits per heavy atom. The van der Waals surface area contributed by atoms with Crippen molar-refractivity contribution >= 4 is 11.9 Å². The Hall–Kier alpha value is -2.69. The number of rotatable bonds is 4. The van der Waals surface area contributed by atoms with Crippen LogP contribution in [0.2, 0.25) is 0 Å². The quantitative estimate of drug-likeness (QED) is 0.923. The van der Waals surface area contributed by atoms with Gasteiger partial charge in [-0.25, -0.2) is 4.79 Å². The molecule has 1 aromatic heterocycles. The third kappa shape index (κ3) is 3.00. The number of carbonyl (C=O) groups excluding carboxylic acids is 1. The number of hydrogen-bond donors (Lipinski definition) is 1. The maximum absolute atomic E-state index is 12.3. The zero-order chi connectivity index (χ0) is 14.5. The molecular weight excluding hydrogens is 256 g/mol. The number of benzene rings is 1. The third-order valence-corrected chi connectivity index (χ3v) is 2.86. The molecule has 0 spiro atoms. The number of amides is 1. The maximum Gasteiger partial charge on any atom is 0.336 e. The minimum absolute atomic E-state index is 0.00497. The lowest BCUT2D eigenvalue weighted by molar-refractivity contribution is 0.0680. The number of pyridine rings is 1. The smallest absolute Gasteiger partial charge is 0.336 e. The van der Waals surface area contributed by atoms with Crippen LogP contribution in [-0.2, 0) is 6.54 Å². The molecular formula is C15H14N2O3. The average Bonchev–Trinajstić information content (AvgIpc) is 2.47. The van der Waals surface area contributed by atoms with Gasteiger partial charge in [-0.15, -0.1) is 0 Å². The van der Waals surface area contributed by atoms with E-state index in [0.29, 0.717) is 6.54 Å². The van der Waals surface area contributed by atoms with Gasteiger partial charge in [0.15, 0.2) is 0 Å². The van der Waals surface area contributed by atoms with Crippen molar-refractivity contribution in [1.29, 1.82) is 0 Å². The first-order valence-corrected chi connectivity index (χ1v) is 6.07. The zero-order valence-electron chi connectivity index (χ0n) is 11.0. The highest BCUT2D eigenvalue weighted by molar-refractivity contribution is 6.04. The Morgan fingerprint density at radius 1 is 1.10 bits per heavy atom. The summed E-state index contributed by atoms with van der Waals surface area (Å²) in [5.74, 6) is -1.45. The van der Waals surface area contributed by atoms with Crippen LogP contribution < -0.4 is 0 Å². The number of carboxylic acids is 1. The van der Waals surface area contributed by atoms with Crippen LogP contribution >= 0.6 is 0 Å². The molecule has 2 aromatic rings. The van der Waals surface area contributed by atoms with E-state index in [9.17, 15) is 9.59 Å². The minimum atomic E-state index is -1.11. The van der Waals surface area contributed by atoms with Gasteiger partial charge < -0.3 is 10.0 Å². The zero-order valence-corrected chi connectivity index (χ0v) is 11.0. The van der Waals surface area contributed by atoms with E-state index in [2.05, 4.69) is 4.98 Å². The molecule has 0 radical (unpaired) electrons. The molecule has 1 amide bonds. The van der Waals surface area contributed by atoms with Gasteiger partial charge >= 0.3 is 5.97 Å². The molecule has 102 valence electrons. The molecule has 0 bridgehead atoms. The molecule has 0 aliphatic carbocycles. The second kappa shape index (κ2) is 5.97. The van der Waals surface area contributed by atoms with Crippen LogP contribution in [0.3, 0.4) is 0 Å². The van der Waals surface area contributed by atoms with Crippen LogP contribution in [0, 0.1) is 0 Å². The van der Waals surface area contributed by atoms with Gasteiger partial charge in [-0.05, 0) is 24.3 Å². The molecule has 5 nitrogen and oxygen atoms in total. The van der Waals surface area contributed by atoms with E-state index in [1.165, 1.54) is 17.0 Å². The molecule has 0 saturated carbocycles. The van der Waals surface area contributed by atoms with Crippen molar-refractivity contribution in [2.45, 2.75) is 6.54 Å². The fourth-order valence-corrected chi connectivity index (χ4v) is 1.87. The summed E-state index contributed by atoms with van der Waals surface area (Å²) in [4.78, 5) is 29.0. The lowest BCUT2D eigenvalue weighted by atomic mass is 10.1. The predicted molar refractivity (Wildman–Crippen MR) is 73.4 cm³/mol. The molecule has 1 heterocycles. The van der Waals surface area contributed by atoms with E-state index in [0.717, 1.165) is 5.69 Å². The van der Waals surface area contributed by atoms with Gasteiger partial charge in [0.2, 0.25) is 0 Å². The summed E-state index contributed by atoms with van der Waals surface area (Å²) in [6, 6.07) is 11.6. The van der Waals surface area contributed by atoms with Gasteiger partial charge in [-0.1, -0.05) is 18.2 Å². The molecule has 0 atom stereocenters. The average molecular weight is 270 g/mol. The Bertz CT molecular complexity index is 626. The monoisotopic (exact) mass is 270 g/mol. The first kappa shape index (κ1) is 13.7. The Labute approximate surface area is 116 Å². The fourth-order valence-electron chi connectivity index (χ4n) is 1.87. The molecule has 2 rings (SSSR count). The summed E-state index contributed by atoms with van der Waals surface area (Å²) in [6.07, 6.45) is 1.65. The molecule has 20 heavy (non-hydrogen) atoms. The van der Waals surface area contributed by atoms with E-state index in [4.69, 9.17) is 5.11 Å². The van der Waals surface area contributed by atoms with Gasteiger partial charge in [0.05, 0.1) is 23.4 Å². The maximum atomic E-state index is 12.3. The second-order valence-electron chi connectivity index (χ2n) is 4.33. The highest BCUT2D eigenvalue weighted by atomic mass is 16.4. The van der Waals surface area contributed by atoms with Crippen molar-refractivity contribution in [3.05, 3.63) is 65.5 Å². The Kier molecular flexibility index (Phi) is 4.10. The Balaban J connectivity index is 2.21. The number of nitrogens with zero attached hydrogens (tertiary/aromatic N) is 2. The van der Waals surface area contributed by atoms with Crippen LogP contribution in [0.5, 0.6) is 0 Å². The summed E-state index contributed by atoms with van der Waals surface area (Å²) < 4.78 is 0. The Morgan fingerprint density at radius 2 is 1.75 bits per heavy atom. The van der Waals surface area contributed by atoms with E-state index in [-0.39, 0.29) is 17.0 Å². The standard InChI is InChI=1S/C15H14N2O3/c1-17(10-11-6-4-5-9-16-11)14(18)12-7-2-3-8-13(12)15(19)20/h2-9H,10H2,1H3,(H,19,20). The molecule has 0 aliphatic heterocycles. The van der Waals surface area contributed by atoms with Gasteiger partial charge in [-0.3, -0.25) is 9.78 Å². The molecule has 0 unspecified atom stereocenters. The molecule has 5 heteroatoms. The lowest BCUT2D eigenvalue weighted by Gasteiger charge is -2.17. The third-order valence-electron chi connectivity index (χ3n) is 2.86. The van der Waals surface area contributed by atoms with Crippen molar-refractivity contribution in [2.24, 2.45) is 0 Å². The van der Waals surface area contributed by atoms with Crippen LogP contribution in [-0.4, -0.2) is 33.9 Å². The van der Waals surface area contributed by atoms with E-state index in [1.807, 2.05) is 12.1 Å². The van der Waals surface area contributed by atoms with Crippen molar-refractivity contribution in [2.75, 3.05) is 7.05 Å². The van der Waals surface area contributed by atoms with Crippen molar-refractivity contribution in [3.63, 3.8) is 0 Å². The number of aromatic carboxylic acids is 1. The second-order valence-corrected chi connectivity index (χ2v) is 4.33. The molecule has 0 saturated heterocycles. The summed E-state index contributed by atoms with van der Waals surface area (Å²) in [5, 5.41) is 9.10. The predicted octanol–water partition coefficient (Wildman–Crippen LogP) is 2.05. The fraction of sp³-hybridized carbons (Fsp3) is 0.133. The van der Waals surface area contributed by atoms with Crippen LogP contribution in [0.15, 0.2) is 48.7 Å². The van der Waals surface area contributed by atoms with E-state index in [1.54, 1.807) is 31.4 Å². The van der Waals surface area contributed by atoms with E-state index < -0.39 is 5.97 Å². The molecule has 0 aliphatic rings. The highest BCUT2D eigenvalue weighted by Gasteiger charge is 2.19. The summed E-state index contributed by atoms with van der Waals surface area (Å²) in [5.41, 5.74) is 0.931. The molecule has 0 fully saturated rings. The largest absolute Gasteiger partial charge is 0.478 e. The molecule has 1 aromatic carbocycles. The number of aromatic nitrogens is 1. The molecule has 1 N–H and O–H groups in total. The minimum Gasteiger partial charge on any atom is -0.478 e. The topological polar surface area (TPSA) is 70.5 Å². The van der Waals surface area contributed by atoms with Gasteiger partial charge in [-0.2, -0.15) is 0 Å².